The smallest absolute Gasteiger partial charge is 0.254 e. The Balaban J connectivity index is 1.31. The molecule has 0 spiro atoms. The first kappa shape index (κ1) is 23.7. The second-order valence-electron chi connectivity index (χ2n) is 11.3. The van der Waals surface area contributed by atoms with Gasteiger partial charge in [0, 0.05) is 48.4 Å². The van der Waals surface area contributed by atoms with E-state index in [1.165, 1.54) is 19.3 Å². The number of hydrogen-bond donors (Lipinski definition) is 1. The zero-order valence-corrected chi connectivity index (χ0v) is 22.5. The topological polar surface area (TPSA) is 76.7 Å². The number of piperidine rings is 1. The van der Waals surface area contributed by atoms with Crippen LogP contribution in [-0.4, -0.2) is 62.5 Å². The van der Waals surface area contributed by atoms with Crippen molar-refractivity contribution in [2.45, 2.75) is 58.5 Å². The van der Waals surface area contributed by atoms with E-state index in [1.54, 1.807) is 7.11 Å². The first-order valence-electron chi connectivity index (χ1n) is 14.1. The molecule has 3 aliphatic rings. The van der Waals surface area contributed by atoms with E-state index in [0.717, 1.165) is 78.5 Å². The van der Waals surface area contributed by atoms with Crippen LogP contribution in [0.5, 0.6) is 5.88 Å². The number of nitrogens with one attached hydrogen (secondary N) is 1. The highest BCUT2D eigenvalue weighted by atomic mass is 16.5. The molecule has 1 amide bonds. The Kier molecular flexibility index (Phi) is 5.69. The zero-order chi connectivity index (χ0) is 26.0. The third kappa shape index (κ3) is 3.88. The second-order valence-corrected chi connectivity index (χ2v) is 11.3. The van der Waals surface area contributed by atoms with Gasteiger partial charge in [-0.05, 0) is 81.7 Å². The van der Waals surface area contributed by atoms with Gasteiger partial charge in [-0.2, -0.15) is 0 Å². The van der Waals surface area contributed by atoms with Gasteiger partial charge in [-0.3, -0.25) is 9.20 Å². The van der Waals surface area contributed by atoms with Gasteiger partial charge in [-0.25, -0.2) is 9.97 Å². The van der Waals surface area contributed by atoms with Crippen LogP contribution in [0.3, 0.4) is 0 Å². The summed E-state index contributed by atoms with van der Waals surface area (Å²) >= 11 is 0. The minimum absolute atomic E-state index is 0.0549. The Bertz CT molecular complexity index is 1550. The van der Waals surface area contributed by atoms with E-state index in [0.29, 0.717) is 29.3 Å². The predicted octanol–water partition coefficient (Wildman–Crippen LogP) is 4.46. The van der Waals surface area contributed by atoms with Crippen molar-refractivity contribution in [3.63, 3.8) is 0 Å². The molecule has 2 saturated heterocycles. The highest BCUT2D eigenvalue weighted by Gasteiger charge is 2.35. The monoisotopic (exact) mass is 512 g/mol. The lowest BCUT2D eigenvalue weighted by Gasteiger charge is -2.35. The molecule has 7 rings (SSSR count). The minimum atomic E-state index is 0.0549. The number of methoxy groups -OCH3 is 1. The van der Waals surface area contributed by atoms with Crippen molar-refractivity contribution in [3.05, 3.63) is 47.3 Å². The van der Waals surface area contributed by atoms with Gasteiger partial charge >= 0.3 is 0 Å². The third-order valence-electron chi connectivity index (χ3n) is 8.88. The van der Waals surface area contributed by atoms with Gasteiger partial charge < -0.3 is 19.5 Å². The van der Waals surface area contributed by atoms with Crippen LogP contribution in [0.2, 0.25) is 0 Å². The summed E-state index contributed by atoms with van der Waals surface area (Å²) in [5.41, 5.74) is 6.51. The molecule has 3 fully saturated rings. The van der Waals surface area contributed by atoms with Crippen LogP contribution in [0.1, 0.15) is 54.4 Å². The fourth-order valence-electron chi connectivity index (χ4n) is 6.49. The number of likely N-dealkylation sites (tertiary alicyclic amines) is 1. The van der Waals surface area contributed by atoms with Crippen molar-refractivity contribution in [1.82, 2.24) is 29.2 Å². The molecule has 198 valence electrons. The molecular formula is C30H36N6O2. The van der Waals surface area contributed by atoms with Crippen molar-refractivity contribution in [2.24, 2.45) is 11.8 Å². The minimum Gasteiger partial charge on any atom is -0.482 e. The summed E-state index contributed by atoms with van der Waals surface area (Å²) in [4.78, 5) is 25.7. The van der Waals surface area contributed by atoms with Gasteiger partial charge in [0.05, 0.1) is 18.5 Å². The molecule has 4 aromatic rings. The van der Waals surface area contributed by atoms with Crippen LogP contribution in [-0.2, 0) is 13.0 Å². The third-order valence-corrected chi connectivity index (χ3v) is 8.88. The van der Waals surface area contributed by atoms with Crippen molar-refractivity contribution < 1.29 is 9.53 Å². The lowest BCUT2D eigenvalue weighted by molar-refractivity contribution is 0.0669. The molecule has 1 N–H and O–H groups in total. The summed E-state index contributed by atoms with van der Waals surface area (Å²) in [5.74, 6) is 2.08. The highest BCUT2D eigenvalue weighted by molar-refractivity contribution is 5.96. The Morgan fingerprint density at radius 3 is 2.79 bits per heavy atom. The van der Waals surface area contributed by atoms with Gasteiger partial charge in [0.1, 0.15) is 17.0 Å². The van der Waals surface area contributed by atoms with Gasteiger partial charge in [0.15, 0.2) is 5.88 Å². The molecular weight excluding hydrogens is 476 g/mol. The molecule has 8 heteroatoms. The number of ether oxygens (including phenoxy) is 1. The van der Waals surface area contributed by atoms with E-state index >= 15 is 0 Å². The van der Waals surface area contributed by atoms with Crippen LogP contribution >= 0.6 is 0 Å². The summed E-state index contributed by atoms with van der Waals surface area (Å²) in [6, 6.07) is 10.7. The summed E-state index contributed by atoms with van der Waals surface area (Å²) in [6.07, 6.45) is 5.73. The fourth-order valence-corrected chi connectivity index (χ4v) is 6.49. The van der Waals surface area contributed by atoms with Crippen molar-refractivity contribution >= 4 is 22.6 Å². The maximum Gasteiger partial charge on any atom is 0.254 e. The maximum absolute atomic E-state index is 13.6. The van der Waals surface area contributed by atoms with E-state index in [2.05, 4.69) is 41.9 Å². The number of hydrogen-bond acceptors (Lipinski definition) is 5. The molecule has 4 aromatic heterocycles. The Hall–Kier alpha value is -3.39. The van der Waals surface area contributed by atoms with Gasteiger partial charge in [0.2, 0.25) is 0 Å². The fraction of sp³-hybridized carbons (Fsp3) is 0.500. The molecule has 6 heterocycles. The number of carbonyl (C=O) groups is 1. The van der Waals surface area contributed by atoms with E-state index in [9.17, 15) is 4.79 Å². The van der Waals surface area contributed by atoms with Crippen LogP contribution in [0, 0.1) is 18.8 Å². The van der Waals surface area contributed by atoms with Crippen molar-refractivity contribution in [1.29, 1.82) is 0 Å². The number of nitrogens with zero attached hydrogens (tertiary/aromatic N) is 5. The van der Waals surface area contributed by atoms with E-state index in [1.807, 2.05) is 21.4 Å². The lowest BCUT2D eigenvalue weighted by Crippen LogP contribution is -2.48. The highest BCUT2D eigenvalue weighted by Crippen LogP contribution is 2.37. The van der Waals surface area contributed by atoms with Crippen LogP contribution in [0.15, 0.2) is 30.3 Å². The van der Waals surface area contributed by atoms with Crippen LogP contribution in [0.4, 0.5) is 0 Å². The summed E-state index contributed by atoms with van der Waals surface area (Å²) in [7, 11) is 1.66. The quantitative estimate of drug-likeness (QED) is 0.413. The number of aromatic nitrogens is 4. The average molecular weight is 513 g/mol. The normalized spacial score (nSPS) is 21.4. The molecule has 2 aliphatic heterocycles. The summed E-state index contributed by atoms with van der Waals surface area (Å²) in [6.45, 7) is 7.82. The Labute approximate surface area is 223 Å². The number of aryl methyl sites for hydroxylation is 2. The molecule has 1 saturated carbocycles. The number of amides is 1. The van der Waals surface area contributed by atoms with Gasteiger partial charge in [-0.15, -0.1) is 0 Å². The molecule has 1 aliphatic carbocycles. The van der Waals surface area contributed by atoms with E-state index < -0.39 is 0 Å². The SMILES string of the molecule is CCc1ccc2cc(-c3nc4cc(C(=O)N5CCC6CCNC6C5)cc(OC)n4c3C)n(CC3CC3)c2n1. The van der Waals surface area contributed by atoms with Crippen molar-refractivity contribution in [3.8, 4) is 17.3 Å². The Morgan fingerprint density at radius 1 is 1.13 bits per heavy atom. The molecule has 2 unspecified atom stereocenters. The largest absolute Gasteiger partial charge is 0.482 e. The zero-order valence-electron chi connectivity index (χ0n) is 22.5. The Morgan fingerprint density at radius 2 is 2.00 bits per heavy atom. The second kappa shape index (κ2) is 9.12. The lowest BCUT2D eigenvalue weighted by atomic mass is 9.92. The molecule has 2 atom stereocenters. The number of imidazole rings is 1. The van der Waals surface area contributed by atoms with Gasteiger partial charge in [0.25, 0.3) is 5.91 Å². The summed E-state index contributed by atoms with van der Waals surface area (Å²) in [5, 5.41) is 4.71. The average Bonchev–Trinajstić information content (AvgIpc) is 3.37. The van der Waals surface area contributed by atoms with E-state index in [-0.39, 0.29) is 5.91 Å². The first-order valence-corrected chi connectivity index (χ1v) is 14.1. The molecule has 38 heavy (non-hydrogen) atoms. The maximum atomic E-state index is 13.6. The molecule has 0 aromatic carbocycles. The number of rotatable bonds is 6. The van der Waals surface area contributed by atoms with E-state index in [4.69, 9.17) is 14.7 Å². The summed E-state index contributed by atoms with van der Waals surface area (Å²) < 4.78 is 10.2. The number of fused-ring (bicyclic) bond motifs is 3. The number of pyridine rings is 2. The number of carbonyl (C=O) groups excluding carboxylic acids is 1. The first-order chi connectivity index (χ1) is 18.5. The van der Waals surface area contributed by atoms with Crippen LogP contribution in [0.25, 0.3) is 28.1 Å². The standard InChI is InChI=1S/C30H36N6O2/c1-4-23-8-7-21-13-25(35(29(21)32-23)16-19-5-6-19)28-18(2)36-26(33-28)14-22(15-27(36)38-3)30(37)34-12-10-20-9-11-31-24(20)17-34/h7-8,13-15,19-20,24,31H,4-6,9-12,16-17H2,1-3H3. The van der Waals surface area contributed by atoms with Crippen LogP contribution < -0.4 is 10.1 Å². The predicted molar refractivity (Wildman–Crippen MR) is 148 cm³/mol. The molecule has 0 radical (unpaired) electrons. The molecule has 0 bridgehead atoms. The van der Waals surface area contributed by atoms with Crippen molar-refractivity contribution in [2.75, 3.05) is 26.7 Å². The molecule has 8 nitrogen and oxygen atoms in total. The van der Waals surface area contributed by atoms with Gasteiger partial charge in [-0.1, -0.05) is 6.92 Å².